The second-order valence-corrected chi connectivity index (χ2v) is 7.05. The van der Waals surface area contributed by atoms with E-state index in [1.54, 1.807) is 42.7 Å². The quantitative estimate of drug-likeness (QED) is 0.762. The van der Waals surface area contributed by atoms with Crippen molar-refractivity contribution >= 4 is 49.7 Å². The number of aromatic nitrogens is 1. The van der Waals surface area contributed by atoms with Gasteiger partial charge in [-0.05, 0) is 30.3 Å². The van der Waals surface area contributed by atoms with Gasteiger partial charge in [-0.15, -0.1) is 0 Å². The Morgan fingerprint density at radius 2 is 1.82 bits per heavy atom. The summed E-state index contributed by atoms with van der Waals surface area (Å²) < 4.78 is 27.7. The van der Waals surface area contributed by atoms with Crippen LogP contribution >= 0.6 is 23.2 Å². The molecule has 2 aromatic carbocycles. The van der Waals surface area contributed by atoms with E-state index in [4.69, 9.17) is 23.2 Å². The second-order valence-electron chi connectivity index (χ2n) is 4.59. The Hall–Kier alpha value is -1.82. The zero-order valence-electron chi connectivity index (χ0n) is 11.1. The summed E-state index contributed by atoms with van der Waals surface area (Å²) in [7, 11) is -3.75. The van der Waals surface area contributed by atoms with Crippen LogP contribution in [0.5, 0.6) is 0 Å². The maximum Gasteiger partial charge on any atom is 0.262 e. The second kappa shape index (κ2) is 5.76. The third kappa shape index (κ3) is 2.88. The molecule has 0 saturated carbocycles. The highest BCUT2D eigenvalue weighted by molar-refractivity contribution is 7.93. The molecule has 4 nitrogen and oxygen atoms in total. The molecule has 0 aliphatic carbocycles. The lowest BCUT2D eigenvalue weighted by atomic mass is 10.2. The fourth-order valence-electron chi connectivity index (χ4n) is 2.10. The molecule has 0 aliphatic rings. The van der Waals surface area contributed by atoms with Crippen molar-refractivity contribution in [3.63, 3.8) is 0 Å². The molecule has 3 aromatic rings. The number of pyridine rings is 1. The van der Waals surface area contributed by atoms with Gasteiger partial charge in [0.05, 0.1) is 20.6 Å². The van der Waals surface area contributed by atoms with Gasteiger partial charge < -0.3 is 0 Å². The zero-order valence-corrected chi connectivity index (χ0v) is 13.5. The van der Waals surface area contributed by atoms with Crippen LogP contribution in [0.3, 0.4) is 0 Å². The smallest absolute Gasteiger partial charge is 0.262 e. The van der Waals surface area contributed by atoms with Gasteiger partial charge in [-0.2, -0.15) is 0 Å². The molecule has 1 heterocycles. The predicted octanol–water partition coefficient (Wildman–Crippen LogP) is 4.34. The molecule has 0 unspecified atom stereocenters. The maximum atomic E-state index is 12.6. The van der Waals surface area contributed by atoms with Crippen molar-refractivity contribution in [2.45, 2.75) is 4.90 Å². The number of anilines is 1. The summed E-state index contributed by atoms with van der Waals surface area (Å²) in [5.41, 5.74) is 0.348. The van der Waals surface area contributed by atoms with Crippen molar-refractivity contribution in [3.8, 4) is 0 Å². The minimum absolute atomic E-state index is 0.179. The Morgan fingerprint density at radius 3 is 2.59 bits per heavy atom. The highest BCUT2D eigenvalue weighted by Gasteiger charge is 2.17. The lowest BCUT2D eigenvalue weighted by Gasteiger charge is -2.11. The van der Waals surface area contributed by atoms with Gasteiger partial charge in [-0.25, -0.2) is 8.42 Å². The van der Waals surface area contributed by atoms with Crippen LogP contribution in [0.15, 0.2) is 59.8 Å². The third-order valence-electron chi connectivity index (χ3n) is 3.10. The average molecular weight is 353 g/mol. The van der Waals surface area contributed by atoms with E-state index in [2.05, 4.69) is 9.71 Å². The predicted molar refractivity (Wildman–Crippen MR) is 89.0 cm³/mol. The van der Waals surface area contributed by atoms with Crippen molar-refractivity contribution in [2.75, 3.05) is 4.72 Å². The molecule has 0 fully saturated rings. The Labute approximate surface area is 137 Å². The van der Waals surface area contributed by atoms with Crippen LogP contribution in [0.25, 0.3) is 10.8 Å². The zero-order chi connectivity index (χ0) is 15.7. The average Bonchev–Trinajstić information content (AvgIpc) is 2.50. The standard InChI is InChI=1S/C15H10Cl2N2O2S/c16-13-5-4-11(8-14(13)17)19-22(20,21)15-3-1-2-10-9-18-7-6-12(10)15/h1-9,19H. The summed E-state index contributed by atoms with van der Waals surface area (Å²) in [4.78, 5) is 4.17. The minimum atomic E-state index is -3.75. The monoisotopic (exact) mass is 352 g/mol. The molecule has 112 valence electrons. The van der Waals surface area contributed by atoms with E-state index in [9.17, 15) is 8.42 Å². The number of hydrogen-bond acceptors (Lipinski definition) is 3. The van der Waals surface area contributed by atoms with Crippen LogP contribution in [0.2, 0.25) is 10.0 Å². The number of nitrogens with zero attached hydrogens (tertiary/aromatic N) is 1. The Bertz CT molecular complexity index is 953. The van der Waals surface area contributed by atoms with Crippen LogP contribution in [-0.4, -0.2) is 13.4 Å². The van der Waals surface area contributed by atoms with Crippen molar-refractivity contribution in [1.29, 1.82) is 0 Å². The van der Waals surface area contributed by atoms with Gasteiger partial charge in [0, 0.05) is 23.2 Å². The van der Waals surface area contributed by atoms with Crippen LogP contribution < -0.4 is 4.72 Å². The van der Waals surface area contributed by atoms with Gasteiger partial charge in [0.1, 0.15) is 0 Å². The van der Waals surface area contributed by atoms with Crippen molar-refractivity contribution in [3.05, 3.63) is 64.9 Å². The topological polar surface area (TPSA) is 59.1 Å². The number of halogens is 2. The summed E-state index contributed by atoms with van der Waals surface area (Å²) in [5, 5.41) is 1.99. The first-order valence-electron chi connectivity index (χ1n) is 6.28. The molecular formula is C15H10Cl2N2O2S. The fraction of sp³-hybridized carbons (Fsp3) is 0. The molecule has 22 heavy (non-hydrogen) atoms. The van der Waals surface area contributed by atoms with Crippen LogP contribution in [0.4, 0.5) is 5.69 Å². The maximum absolute atomic E-state index is 12.6. The molecular weight excluding hydrogens is 343 g/mol. The molecule has 0 amide bonds. The molecule has 0 saturated heterocycles. The van der Waals surface area contributed by atoms with Gasteiger partial charge >= 0.3 is 0 Å². The van der Waals surface area contributed by atoms with Crippen LogP contribution in [0, 0.1) is 0 Å². The molecule has 1 aromatic heterocycles. The molecule has 1 N–H and O–H groups in total. The van der Waals surface area contributed by atoms with Crippen LogP contribution in [-0.2, 0) is 10.0 Å². The molecule has 7 heteroatoms. The van der Waals surface area contributed by atoms with Crippen LogP contribution in [0.1, 0.15) is 0 Å². The van der Waals surface area contributed by atoms with E-state index in [1.807, 2.05) is 0 Å². The molecule has 0 aliphatic heterocycles. The SMILES string of the molecule is O=S(=O)(Nc1ccc(Cl)c(Cl)c1)c1cccc2cnccc12. The van der Waals surface area contributed by atoms with E-state index in [0.29, 0.717) is 16.1 Å². The molecule has 0 bridgehead atoms. The van der Waals surface area contributed by atoms with Crippen molar-refractivity contribution in [1.82, 2.24) is 4.98 Å². The number of fused-ring (bicyclic) bond motifs is 1. The number of sulfonamides is 1. The Kier molecular flexibility index (Phi) is 3.95. The summed E-state index contributed by atoms with van der Waals surface area (Å²) in [6, 6.07) is 11.2. The number of nitrogens with one attached hydrogen (secondary N) is 1. The van der Waals surface area contributed by atoms with Crippen molar-refractivity contribution < 1.29 is 8.42 Å². The largest absolute Gasteiger partial charge is 0.280 e. The molecule has 0 radical (unpaired) electrons. The van der Waals surface area contributed by atoms with Gasteiger partial charge in [-0.3, -0.25) is 9.71 Å². The first kappa shape index (κ1) is 15.1. The first-order valence-corrected chi connectivity index (χ1v) is 8.52. The summed E-state index contributed by atoms with van der Waals surface area (Å²) in [5.74, 6) is 0. The Balaban J connectivity index is 2.07. The highest BCUT2D eigenvalue weighted by Crippen LogP contribution is 2.28. The van der Waals surface area contributed by atoms with E-state index >= 15 is 0 Å². The minimum Gasteiger partial charge on any atom is -0.280 e. The van der Waals surface area contributed by atoms with E-state index in [0.717, 1.165) is 5.39 Å². The van der Waals surface area contributed by atoms with Gasteiger partial charge in [-0.1, -0.05) is 35.3 Å². The highest BCUT2D eigenvalue weighted by atomic mass is 35.5. The molecule has 0 spiro atoms. The van der Waals surface area contributed by atoms with Gasteiger partial charge in [0.15, 0.2) is 0 Å². The van der Waals surface area contributed by atoms with E-state index in [1.165, 1.54) is 12.1 Å². The number of benzene rings is 2. The number of rotatable bonds is 3. The Morgan fingerprint density at radius 1 is 1.00 bits per heavy atom. The first-order chi connectivity index (χ1) is 10.5. The summed E-state index contributed by atoms with van der Waals surface area (Å²) in [6.07, 6.45) is 3.17. The van der Waals surface area contributed by atoms with Crippen molar-refractivity contribution in [2.24, 2.45) is 0 Å². The fourth-order valence-corrected chi connectivity index (χ4v) is 3.68. The number of hydrogen-bond donors (Lipinski definition) is 1. The lowest BCUT2D eigenvalue weighted by Crippen LogP contribution is -2.13. The normalized spacial score (nSPS) is 11.5. The third-order valence-corrected chi connectivity index (χ3v) is 5.28. The van der Waals surface area contributed by atoms with E-state index in [-0.39, 0.29) is 9.92 Å². The van der Waals surface area contributed by atoms with Gasteiger partial charge in [0.2, 0.25) is 0 Å². The molecule has 3 rings (SSSR count). The van der Waals surface area contributed by atoms with Gasteiger partial charge in [0.25, 0.3) is 10.0 Å². The molecule has 0 atom stereocenters. The van der Waals surface area contributed by atoms with E-state index < -0.39 is 10.0 Å². The summed E-state index contributed by atoms with van der Waals surface area (Å²) >= 11 is 11.7. The lowest BCUT2D eigenvalue weighted by molar-refractivity contribution is 0.602. The summed E-state index contributed by atoms with van der Waals surface area (Å²) in [6.45, 7) is 0.